The van der Waals surface area contributed by atoms with Crippen LogP contribution in [0.2, 0.25) is 0 Å². The molecule has 0 saturated carbocycles. The van der Waals surface area contributed by atoms with Crippen molar-refractivity contribution >= 4 is 16.7 Å². The Morgan fingerprint density at radius 1 is 0.810 bits per heavy atom. The van der Waals surface area contributed by atoms with Crippen molar-refractivity contribution in [3.63, 3.8) is 0 Å². The summed E-state index contributed by atoms with van der Waals surface area (Å²) in [4.78, 5) is 10.0. The molecule has 0 aliphatic heterocycles. The molecular weight excluding hydrogens is 260 g/mol. The molecule has 0 heterocycles. The van der Waals surface area contributed by atoms with Gasteiger partial charge < -0.3 is 4.74 Å². The molecule has 0 aliphatic rings. The van der Waals surface area contributed by atoms with Crippen molar-refractivity contribution in [2.45, 2.75) is 54.6 Å². The van der Waals surface area contributed by atoms with Crippen molar-refractivity contribution in [1.29, 1.82) is 0 Å². The Morgan fingerprint density at radius 3 is 1.24 bits per heavy atom. The molecule has 0 bridgehead atoms. The largest absolute Gasteiger partial charge is 0.463 e. The maximum atomic E-state index is 10.0. The molecule has 2 nitrogen and oxygen atoms in total. The zero-order chi connectivity index (χ0) is 16.7. The van der Waals surface area contributed by atoms with E-state index in [9.17, 15) is 4.79 Å². The van der Waals surface area contributed by atoms with Crippen molar-refractivity contribution in [2.75, 3.05) is 0 Å². The lowest BCUT2D eigenvalue weighted by Gasteiger charge is -2.01. The van der Waals surface area contributed by atoms with Gasteiger partial charge in [-0.05, 0) is 24.6 Å². The number of fused-ring (bicyclic) bond motifs is 1. The lowest BCUT2D eigenvalue weighted by Crippen LogP contribution is -2.06. The predicted octanol–water partition coefficient (Wildman–Crippen LogP) is 5.85. The highest BCUT2D eigenvalue weighted by molar-refractivity contribution is 5.81. The topological polar surface area (TPSA) is 26.3 Å². The molecule has 0 aromatic heterocycles. The Kier molecular flexibility index (Phi) is 14.9. The van der Waals surface area contributed by atoms with Crippen LogP contribution in [-0.2, 0) is 9.53 Å². The van der Waals surface area contributed by atoms with Gasteiger partial charge in [0.2, 0.25) is 0 Å². The fraction of sp³-hybridized carbons (Fsp3) is 0.421. The van der Waals surface area contributed by atoms with Crippen LogP contribution in [0.3, 0.4) is 0 Å². The van der Waals surface area contributed by atoms with E-state index in [0.717, 1.165) is 0 Å². The van der Waals surface area contributed by atoms with Crippen LogP contribution in [0.15, 0.2) is 48.5 Å². The number of hydrogen-bond donors (Lipinski definition) is 0. The summed E-state index contributed by atoms with van der Waals surface area (Å²) in [5.74, 6) is -0.213. The van der Waals surface area contributed by atoms with Crippen molar-refractivity contribution in [3.05, 3.63) is 48.5 Å². The van der Waals surface area contributed by atoms with Gasteiger partial charge in [0.15, 0.2) is 0 Å². The van der Waals surface area contributed by atoms with Gasteiger partial charge in [-0.15, -0.1) is 0 Å². The lowest BCUT2D eigenvalue weighted by molar-refractivity contribution is -0.144. The van der Waals surface area contributed by atoms with Crippen molar-refractivity contribution in [2.24, 2.45) is 0 Å². The quantitative estimate of drug-likeness (QED) is 0.616. The standard InChI is InChI=1S/C10H8.C5H10O2.2C2H6/c1-2-6-10-8-4-3-7-9(10)5-1;1-4(2)7-5(3)6;2*1-2/h1-8H;4H,1-3H3;2*1-2H3. The van der Waals surface area contributed by atoms with Crippen LogP contribution in [-0.4, -0.2) is 12.1 Å². The van der Waals surface area contributed by atoms with Gasteiger partial charge in [0, 0.05) is 6.92 Å². The van der Waals surface area contributed by atoms with Gasteiger partial charge in [0.25, 0.3) is 0 Å². The highest BCUT2D eigenvalue weighted by atomic mass is 16.5. The minimum absolute atomic E-state index is 0.0255. The first-order valence-electron chi connectivity index (χ1n) is 7.70. The molecule has 0 amide bonds. The third kappa shape index (κ3) is 11.7. The van der Waals surface area contributed by atoms with E-state index in [-0.39, 0.29) is 12.1 Å². The highest BCUT2D eigenvalue weighted by Crippen LogP contribution is 2.11. The third-order valence-corrected chi connectivity index (χ3v) is 2.06. The van der Waals surface area contributed by atoms with E-state index in [1.54, 1.807) is 0 Å². The first kappa shape index (κ1) is 21.5. The lowest BCUT2D eigenvalue weighted by atomic mass is 10.1. The molecule has 0 N–H and O–H groups in total. The summed E-state index contributed by atoms with van der Waals surface area (Å²) >= 11 is 0. The van der Waals surface area contributed by atoms with Crippen molar-refractivity contribution < 1.29 is 9.53 Å². The van der Waals surface area contributed by atoms with Crippen LogP contribution >= 0.6 is 0 Å². The fourth-order valence-electron chi connectivity index (χ4n) is 1.46. The summed E-state index contributed by atoms with van der Waals surface area (Å²) in [5.41, 5.74) is 0. The zero-order valence-corrected chi connectivity index (χ0v) is 14.5. The van der Waals surface area contributed by atoms with E-state index in [2.05, 4.69) is 53.3 Å². The predicted molar refractivity (Wildman–Crippen MR) is 93.5 cm³/mol. The van der Waals surface area contributed by atoms with Crippen LogP contribution in [0.5, 0.6) is 0 Å². The third-order valence-electron chi connectivity index (χ3n) is 2.06. The van der Waals surface area contributed by atoms with E-state index >= 15 is 0 Å². The molecule has 0 radical (unpaired) electrons. The number of ether oxygens (including phenoxy) is 1. The second-order valence-corrected chi connectivity index (χ2v) is 4.01. The molecule has 2 heteroatoms. The molecule has 0 fully saturated rings. The Morgan fingerprint density at radius 2 is 1.10 bits per heavy atom. The molecule has 2 rings (SSSR count). The number of carbonyl (C=O) groups excluding carboxylic acids is 1. The van der Waals surface area contributed by atoms with Gasteiger partial charge in [-0.2, -0.15) is 0 Å². The molecule has 0 spiro atoms. The van der Waals surface area contributed by atoms with E-state index in [1.807, 2.05) is 41.5 Å². The van der Waals surface area contributed by atoms with Gasteiger partial charge >= 0.3 is 5.97 Å². The minimum atomic E-state index is -0.213. The molecule has 0 unspecified atom stereocenters. The Labute approximate surface area is 130 Å². The Hall–Kier alpha value is -1.83. The van der Waals surface area contributed by atoms with Crippen LogP contribution in [0.4, 0.5) is 0 Å². The van der Waals surface area contributed by atoms with Gasteiger partial charge in [-0.1, -0.05) is 76.2 Å². The van der Waals surface area contributed by atoms with Gasteiger partial charge in [-0.25, -0.2) is 0 Å². The van der Waals surface area contributed by atoms with E-state index < -0.39 is 0 Å². The van der Waals surface area contributed by atoms with Crippen LogP contribution < -0.4 is 0 Å². The number of carbonyl (C=O) groups is 1. The second-order valence-electron chi connectivity index (χ2n) is 4.01. The molecule has 0 atom stereocenters. The van der Waals surface area contributed by atoms with Crippen molar-refractivity contribution in [1.82, 2.24) is 0 Å². The average Bonchev–Trinajstić information content (AvgIpc) is 2.51. The van der Waals surface area contributed by atoms with Crippen LogP contribution in [0, 0.1) is 0 Å². The molecule has 2 aromatic rings. The second kappa shape index (κ2) is 14.6. The van der Waals surface area contributed by atoms with Gasteiger partial charge in [0.05, 0.1) is 6.10 Å². The number of rotatable bonds is 1. The molecular formula is C19H30O2. The van der Waals surface area contributed by atoms with E-state index in [1.165, 1.54) is 17.7 Å². The first-order valence-corrected chi connectivity index (χ1v) is 7.70. The molecule has 21 heavy (non-hydrogen) atoms. The van der Waals surface area contributed by atoms with Gasteiger partial charge in [0.1, 0.15) is 0 Å². The number of esters is 1. The maximum absolute atomic E-state index is 10.0. The molecule has 118 valence electrons. The Bertz CT molecular complexity index is 410. The molecule has 2 aromatic carbocycles. The fourth-order valence-corrected chi connectivity index (χ4v) is 1.46. The average molecular weight is 290 g/mol. The smallest absolute Gasteiger partial charge is 0.302 e. The summed E-state index contributed by atoms with van der Waals surface area (Å²) in [7, 11) is 0. The highest BCUT2D eigenvalue weighted by Gasteiger charge is 1.93. The zero-order valence-electron chi connectivity index (χ0n) is 14.5. The first-order chi connectivity index (χ1) is 10.1. The van der Waals surface area contributed by atoms with Gasteiger partial charge in [-0.3, -0.25) is 4.79 Å². The SMILES string of the molecule is CC.CC.CC(=O)OC(C)C.c1ccc2ccccc2c1. The van der Waals surface area contributed by atoms with E-state index in [0.29, 0.717) is 0 Å². The summed E-state index contributed by atoms with van der Waals surface area (Å²) < 4.78 is 4.61. The van der Waals surface area contributed by atoms with Crippen molar-refractivity contribution in [3.8, 4) is 0 Å². The molecule has 0 saturated heterocycles. The molecule has 0 aliphatic carbocycles. The van der Waals surface area contributed by atoms with Crippen LogP contribution in [0.1, 0.15) is 48.5 Å². The number of benzene rings is 2. The Balaban J connectivity index is 0. The van der Waals surface area contributed by atoms with E-state index in [4.69, 9.17) is 0 Å². The summed E-state index contributed by atoms with van der Waals surface area (Å²) in [6.45, 7) is 13.0. The maximum Gasteiger partial charge on any atom is 0.302 e. The number of hydrogen-bond acceptors (Lipinski definition) is 2. The normalized spacial score (nSPS) is 8.38. The summed E-state index contributed by atoms with van der Waals surface area (Å²) in [5, 5.41) is 2.62. The summed E-state index contributed by atoms with van der Waals surface area (Å²) in [6, 6.07) is 16.7. The monoisotopic (exact) mass is 290 g/mol. The minimum Gasteiger partial charge on any atom is -0.463 e. The summed E-state index contributed by atoms with van der Waals surface area (Å²) in [6.07, 6.45) is 0.0255. The van der Waals surface area contributed by atoms with Crippen LogP contribution in [0.25, 0.3) is 10.8 Å².